The third-order valence-electron chi connectivity index (χ3n) is 4.76. The molecule has 1 aliphatic rings. The molecule has 1 unspecified atom stereocenters. The minimum atomic E-state index is 0.211. The molecule has 3 aromatic heterocycles. The smallest absolute Gasteiger partial charge is 0.276 e. The number of fused-ring (bicyclic) bond motifs is 1. The summed E-state index contributed by atoms with van der Waals surface area (Å²) in [6.07, 6.45) is 3.55. The van der Waals surface area contributed by atoms with Gasteiger partial charge in [0.2, 0.25) is 5.89 Å². The van der Waals surface area contributed by atoms with Crippen molar-refractivity contribution in [2.45, 2.75) is 16.4 Å². The average Bonchev–Trinajstić information content (AvgIpc) is 3.55. The quantitative estimate of drug-likeness (QED) is 0.383. The maximum atomic E-state index is 5.89. The number of thioether (sulfide) groups is 2. The zero-order valence-electron chi connectivity index (χ0n) is 16.8. The van der Waals surface area contributed by atoms with E-state index < -0.39 is 0 Å². The van der Waals surface area contributed by atoms with Crippen molar-refractivity contribution in [1.82, 2.24) is 29.9 Å². The second-order valence-corrected chi connectivity index (χ2v) is 8.63. The van der Waals surface area contributed by atoms with Gasteiger partial charge in [0.05, 0.1) is 20.3 Å². The Morgan fingerprint density at radius 3 is 2.68 bits per heavy atom. The number of methoxy groups -OCH3 is 2. The fourth-order valence-corrected chi connectivity index (χ4v) is 5.32. The SMILES string of the molecule is COc1cc(OC)cc(-c2nnc(SCC3CSc4nnc(-c5cccnc5)n43)o2)c1. The third kappa shape index (κ3) is 3.98. The number of pyridine rings is 1. The van der Waals surface area contributed by atoms with Crippen LogP contribution in [0.4, 0.5) is 0 Å². The van der Waals surface area contributed by atoms with Crippen LogP contribution in [0.2, 0.25) is 0 Å². The lowest BCUT2D eigenvalue weighted by Gasteiger charge is -2.12. The molecule has 4 heterocycles. The highest BCUT2D eigenvalue weighted by Gasteiger charge is 2.29. The highest BCUT2D eigenvalue weighted by molar-refractivity contribution is 8.00. The summed E-state index contributed by atoms with van der Waals surface area (Å²) < 4.78 is 18.7. The average molecular weight is 455 g/mol. The lowest BCUT2D eigenvalue weighted by Crippen LogP contribution is -2.11. The molecule has 1 aromatic carbocycles. The van der Waals surface area contributed by atoms with Crippen LogP contribution in [0.3, 0.4) is 0 Å². The van der Waals surface area contributed by atoms with Crippen LogP contribution < -0.4 is 9.47 Å². The molecule has 0 N–H and O–H groups in total. The van der Waals surface area contributed by atoms with Crippen LogP contribution in [0, 0.1) is 0 Å². The van der Waals surface area contributed by atoms with Crippen molar-refractivity contribution in [2.24, 2.45) is 0 Å². The van der Waals surface area contributed by atoms with E-state index in [1.165, 1.54) is 11.8 Å². The molecule has 1 aliphatic heterocycles. The Balaban J connectivity index is 1.33. The van der Waals surface area contributed by atoms with Crippen molar-refractivity contribution in [3.8, 4) is 34.3 Å². The summed E-state index contributed by atoms with van der Waals surface area (Å²) in [5.41, 5.74) is 1.69. The van der Waals surface area contributed by atoms with Gasteiger partial charge >= 0.3 is 0 Å². The predicted octanol–water partition coefficient (Wildman–Crippen LogP) is 3.85. The van der Waals surface area contributed by atoms with Gasteiger partial charge in [0.25, 0.3) is 5.22 Å². The molecule has 4 aromatic rings. The first-order valence-electron chi connectivity index (χ1n) is 9.43. The lowest BCUT2D eigenvalue weighted by molar-refractivity contribution is 0.394. The van der Waals surface area contributed by atoms with Crippen molar-refractivity contribution in [3.05, 3.63) is 42.7 Å². The Hall–Kier alpha value is -3.05. The van der Waals surface area contributed by atoms with Gasteiger partial charge in [-0.2, -0.15) is 0 Å². The van der Waals surface area contributed by atoms with E-state index in [-0.39, 0.29) is 6.04 Å². The molecule has 0 amide bonds. The summed E-state index contributed by atoms with van der Waals surface area (Å²) in [5.74, 6) is 4.24. The molecule has 5 rings (SSSR count). The van der Waals surface area contributed by atoms with Gasteiger partial charge in [-0.25, -0.2) is 0 Å². The zero-order chi connectivity index (χ0) is 21.2. The molecular formula is C20H18N6O3S2. The summed E-state index contributed by atoms with van der Waals surface area (Å²) >= 11 is 3.21. The van der Waals surface area contributed by atoms with Gasteiger partial charge in [0.15, 0.2) is 11.0 Å². The van der Waals surface area contributed by atoms with Crippen LogP contribution in [0.15, 0.2) is 57.5 Å². The second kappa shape index (κ2) is 8.60. The lowest BCUT2D eigenvalue weighted by atomic mass is 10.2. The van der Waals surface area contributed by atoms with E-state index >= 15 is 0 Å². The minimum Gasteiger partial charge on any atom is -0.497 e. The Morgan fingerprint density at radius 1 is 1.10 bits per heavy atom. The van der Waals surface area contributed by atoms with E-state index in [0.29, 0.717) is 22.6 Å². The van der Waals surface area contributed by atoms with Crippen LogP contribution >= 0.6 is 23.5 Å². The molecule has 9 nitrogen and oxygen atoms in total. The van der Waals surface area contributed by atoms with Crippen molar-refractivity contribution in [1.29, 1.82) is 0 Å². The van der Waals surface area contributed by atoms with Crippen LogP contribution in [0.1, 0.15) is 6.04 Å². The van der Waals surface area contributed by atoms with E-state index in [9.17, 15) is 0 Å². The fourth-order valence-electron chi connectivity index (χ4n) is 3.25. The molecule has 1 atom stereocenters. The monoisotopic (exact) mass is 454 g/mol. The molecule has 31 heavy (non-hydrogen) atoms. The summed E-state index contributed by atoms with van der Waals surface area (Å²) in [4.78, 5) is 4.20. The standard InChI is InChI=1S/C20H18N6O3S2/c1-27-15-6-13(7-16(8-15)28-2)18-23-25-20(29-18)31-11-14-10-30-19-24-22-17(26(14)19)12-4-3-5-21-9-12/h3-9,14H,10-11H2,1-2H3. The van der Waals surface area contributed by atoms with Crippen molar-refractivity contribution in [2.75, 3.05) is 25.7 Å². The number of hydrogen-bond donors (Lipinski definition) is 0. The van der Waals surface area contributed by atoms with Crippen LogP contribution in [0.25, 0.3) is 22.8 Å². The maximum Gasteiger partial charge on any atom is 0.276 e. The first-order chi connectivity index (χ1) is 15.2. The Bertz CT molecular complexity index is 1170. The molecule has 0 radical (unpaired) electrons. The molecule has 0 fully saturated rings. The van der Waals surface area contributed by atoms with Gasteiger partial charge in [0, 0.05) is 41.1 Å². The largest absolute Gasteiger partial charge is 0.497 e. The molecular weight excluding hydrogens is 436 g/mol. The third-order valence-corrected chi connectivity index (χ3v) is 6.81. The molecule has 11 heteroatoms. The minimum absolute atomic E-state index is 0.211. The summed E-state index contributed by atoms with van der Waals surface area (Å²) in [6, 6.07) is 9.57. The first-order valence-corrected chi connectivity index (χ1v) is 11.4. The van der Waals surface area contributed by atoms with Gasteiger partial charge in [-0.05, 0) is 24.3 Å². The number of aromatic nitrogens is 6. The number of rotatable bonds is 7. The number of benzene rings is 1. The molecule has 0 spiro atoms. The second-order valence-electron chi connectivity index (χ2n) is 6.67. The molecule has 0 saturated carbocycles. The maximum absolute atomic E-state index is 5.89. The van der Waals surface area contributed by atoms with Crippen LogP contribution in [-0.2, 0) is 0 Å². The van der Waals surface area contributed by atoms with Gasteiger partial charge in [0.1, 0.15) is 11.5 Å². The Labute approximate surface area is 186 Å². The van der Waals surface area contributed by atoms with Gasteiger partial charge in [-0.15, -0.1) is 20.4 Å². The van der Waals surface area contributed by atoms with E-state index in [1.54, 1.807) is 44.4 Å². The normalized spacial score (nSPS) is 15.1. The Morgan fingerprint density at radius 2 is 1.94 bits per heavy atom. The molecule has 158 valence electrons. The molecule has 0 saturated heterocycles. The van der Waals surface area contributed by atoms with Crippen molar-refractivity contribution < 1.29 is 13.9 Å². The predicted molar refractivity (Wildman–Crippen MR) is 117 cm³/mol. The summed E-state index contributed by atoms with van der Waals surface area (Å²) in [7, 11) is 3.21. The summed E-state index contributed by atoms with van der Waals surface area (Å²) in [6.45, 7) is 0. The van der Waals surface area contributed by atoms with Crippen molar-refractivity contribution in [3.63, 3.8) is 0 Å². The molecule has 0 bridgehead atoms. The number of hydrogen-bond acceptors (Lipinski definition) is 10. The van der Waals surface area contributed by atoms with Crippen molar-refractivity contribution >= 4 is 23.5 Å². The van der Waals surface area contributed by atoms with E-state index in [4.69, 9.17) is 13.9 Å². The van der Waals surface area contributed by atoms with E-state index in [2.05, 4.69) is 29.9 Å². The van der Waals surface area contributed by atoms with Gasteiger partial charge < -0.3 is 13.9 Å². The van der Waals surface area contributed by atoms with Gasteiger partial charge in [-0.3, -0.25) is 9.55 Å². The van der Waals surface area contributed by atoms with Crippen LogP contribution in [-0.4, -0.2) is 55.7 Å². The highest BCUT2D eigenvalue weighted by atomic mass is 32.2. The van der Waals surface area contributed by atoms with E-state index in [1.807, 2.05) is 24.3 Å². The number of ether oxygens (including phenoxy) is 2. The van der Waals surface area contributed by atoms with E-state index in [0.717, 1.165) is 33.6 Å². The highest BCUT2D eigenvalue weighted by Crippen LogP contribution is 2.39. The molecule has 0 aliphatic carbocycles. The first kappa shape index (κ1) is 19.9. The Kier molecular flexibility index (Phi) is 5.51. The fraction of sp³-hybridized carbons (Fsp3) is 0.250. The topological polar surface area (TPSA) is 101 Å². The summed E-state index contributed by atoms with van der Waals surface area (Å²) in [5, 5.41) is 18.5. The number of nitrogens with zero attached hydrogens (tertiary/aromatic N) is 6. The van der Waals surface area contributed by atoms with Gasteiger partial charge in [-0.1, -0.05) is 23.5 Å². The van der Waals surface area contributed by atoms with Crippen LogP contribution in [0.5, 0.6) is 11.5 Å². The zero-order valence-corrected chi connectivity index (χ0v) is 18.4.